The number of nitrogens with zero attached hydrogens (tertiary/aromatic N) is 1. The third-order valence-electron chi connectivity index (χ3n) is 2.50. The van der Waals surface area contributed by atoms with Crippen LogP contribution in [0.1, 0.15) is 0 Å². The standard InChI is InChI=1S/C10H12NO5PS2/c1-11(7-17(12,13)14)19(15,16)10-9-5-3-2-4-8(9)6-18-10/h2-6H,7H2,1H3,(H2,12,13,14). The van der Waals surface area contributed by atoms with Gasteiger partial charge in [0.15, 0.2) is 0 Å². The first-order valence-corrected chi connectivity index (χ1v) is 9.31. The molecule has 0 saturated carbocycles. The van der Waals surface area contributed by atoms with Crippen LogP contribution in [0.2, 0.25) is 0 Å². The average molecular weight is 321 g/mol. The van der Waals surface area contributed by atoms with E-state index < -0.39 is 23.9 Å². The Balaban J connectivity index is 2.48. The summed E-state index contributed by atoms with van der Waals surface area (Å²) in [4.78, 5) is 17.7. The van der Waals surface area contributed by atoms with Gasteiger partial charge in [-0.15, -0.1) is 11.3 Å². The van der Waals surface area contributed by atoms with E-state index in [1.165, 1.54) is 0 Å². The summed E-state index contributed by atoms with van der Waals surface area (Å²) < 4.78 is 36.3. The molecule has 2 N–H and O–H groups in total. The Labute approximate surface area is 114 Å². The van der Waals surface area contributed by atoms with Crippen LogP contribution in [-0.2, 0) is 14.6 Å². The highest BCUT2D eigenvalue weighted by Gasteiger charge is 2.29. The summed E-state index contributed by atoms with van der Waals surface area (Å²) in [5, 5.41) is 3.05. The highest BCUT2D eigenvalue weighted by Crippen LogP contribution is 2.38. The maximum absolute atomic E-state index is 12.3. The molecule has 0 aliphatic carbocycles. The molecule has 1 aromatic carbocycles. The molecule has 0 aliphatic rings. The van der Waals surface area contributed by atoms with Crippen molar-refractivity contribution in [1.29, 1.82) is 0 Å². The molecule has 1 heterocycles. The van der Waals surface area contributed by atoms with Crippen LogP contribution in [0.5, 0.6) is 0 Å². The Kier molecular flexibility index (Phi) is 3.83. The first-order chi connectivity index (χ1) is 8.72. The smallest absolute Gasteiger partial charge is 0.324 e. The number of benzene rings is 1. The molecule has 0 radical (unpaired) electrons. The molecule has 0 unspecified atom stereocenters. The van der Waals surface area contributed by atoms with E-state index >= 15 is 0 Å². The third-order valence-corrected chi connectivity index (χ3v) is 6.85. The zero-order chi connectivity index (χ0) is 14.3. The minimum absolute atomic E-state index is 0.0963. The van der Waals surface area contributed by atoms with Crippen molar-refractivity contribution in [2.45, 2.75) is 4.21 Å². The zero-order valence-electron chi connectivity index (χ0n) is 9.92. The van der Waals surface area contributed by atoms with Gasteiger partial charge in [0.05, 0.1) is 0 Å². The summed E-state index contributed by atoms with van der Waals surface area (Å²) in [5.74, 6) is 0. The van der Waals surface area contributed by atoms with Crippen molar-refractivity contribution in [2.24, 2.45) is 0 Å². The maximum atomic E-state index is 12.3. The van der Waals surface area contributed by atoms with E-state index in [-0.39, 0.29) is 4.21 Å². The van der Waals surface area contributed by atoms with Gasteiger partial charge in [-0.05, 0) is 10.8 Å². The van der Waals surface area contributed by atoms with Crippen molar-refractivity contribution in [2.75, 3.05) is 13.3 Å². The van der Waals surface area contributed by atoms with Crippen molar-refractivity contribution >= 4 is 39.7 Å². The molecule has 2 rings (SSSR count). The van der Waals surface area contributed by atoms with Gasteiger partial charge in [-0.25, -0.2) is 8.42 Å². The minimum Gasteiger partial charge on any atom is -0.324 e. The van der Waals surface area contributed by atoms with Gasteiger partial charge in [-0.1, -0.05) is 24.3 Å². The first-order valence-electron chi connectivity index (χ1n) is 5.19. The lowest BCUT2D eigenvalue weighted by Gasteiger charge is -2.16. The van der Waals surface area contributed by atoms with Gasteiger partial charge in [-0.2, -0.15) is 4.31 Å². The van der Waals surface area contributed by atoms with Crippen LogP contribution >= 0.6 is 18.9 Å². The Morgan fingerprint density at radius 2 is 1.95 bits per heavy atom. The monoisotopic (exact) mass is 321 g/mol. The van der Waals surface area contributed by atoms with E-state index in [1.54, 1.807) is 29.6 Å². The topological polar surface area (TPSA) is 94.9 Å². The van der Waals surface area contributed by atoms with Crippen LogP contribution in [0.15, 0.2) is 33.9 Å². The number of hydrogen-bond donors (Lipinski definition) is 2. The van der Waals surface area contributed by atoms with Crippen LogP contribution in [-0.4, -0.2) is 35.8 Å². The second-order valence-electron chi connectivity index (χ2n) is 4.02. The normalized spacial score (nSPS) is 13.3. The quantitative estimate of drug-likeness (QED) is 0.835. The molecule has 1 aromatic heterocycles. The van der Waals surface area contributed by atoms with Crippen LogP contribution < -0.4 is 0 Å². The van der Waals surface area contributed by atoms with Crippen LogP contribution in [0.3, 0.4) is 0 Å². The van der Waals surface area contributed by atoms with E-state index in [4.69, 9.17) is 9.79 Å². The molecular weight excluding hydrogens is 309 g/mol. The molecule has 104 valence electrons. The number of sulfonamides is 1. The van der Waals surface area contributed by atoms with Crippen molar-refractivity contribution in [1.82, 2.24) is 4.31 Å². The Morgan fingerprint density at radius 1 is 1.32 bits per heavy atom. The van der Waals surface area contributed by atoms with Crippen molar-refractivity contribution in [3.05, 3.63) is 29.6 Å². The lowest BCUT2D eigenvalue weighted by atomic mass is 10.2. The number of rotatable bonds is 4. The van der Waals surface area contributed by atoms with Crippen LogP contribution in [0, 0.1) is 0 Å². The summed E-state index contributed by atoms with van der Waals surface area (Å²) in [7, 11) is -7.17. The fraction of sp³-hybridized carbons (Fsp3) is 0.200. The minimum atomic E-state index is -4.43. The van der Waals surface area contributed by atoms with Gasteiger partial charge in [0.1, 0.15) is 10.5 Å². The second kappa shape index (κ2) is 4.97. The van der Waals surface area contributed by atoms with Crippen LogP contribution in [0.4, 0.5) is 0 Å². The molecule has 19 heavy (non-hydrogen) atoms. The van der Waals surface area contributed by atoms with E-state index in [0.717, 1.165) is 23.8 Å². The van der Waals surface area contributed by atoms with Crippen molar-refractivity contribution < 1.29 is 22.8 Å². The van der Waals surface area contributed by atoms with Crippen LogP contribution in [0.25, 0.3) is 10.8 Å². The molecule has 0 atom stereocenters. The van der Waals surface area contributed by atoms with E-state index in [0.29, 0.717) is 9.69 Å². The van der Waals surface area contributed by atoms with Gasteiger partial charge < -0.3 is 9.79 Å². The van der Waals surface area contributed by atoms with Crippen molar-refractivity contribution in [3.8, 4) is 0 Å². The lowest BCUT2D eigenvalue weighted by Crippen LogP contribution is -2.27. The molecule has 6 nitrogen and oxygen atoms in total. The molecule has 9 heteroatoms. The summed E-state index contributed by atoms with van der Waals surface area (Å²) in [6.07, 6.45) is -0.832. The number of hydrogen-bond acceptors (Lipinski definition) is 4. The van der Waals surface area contributed by atoms with Gasteiger partial charge >= 0.3 is 7.60 Å². The Hall–Kier alpha value is -0.760. The number of fused-ring (bicyclic) bond motifs is 1. The fourth-order valence-electron chi connectivity index (χ4n) is 1.64. The zero-order valence-corrected chi connectivity index (χ0v) is 12.5. The van der Waals surface area contributed by atoms with E-state index in [1.807, 2.05) is 0 Å². The fourth-order valence-corrected chi connectivity index (χ4v) is 5.73. The SMILES string of the molecule is CN(CP(=O)(O)O)S(=O)(=O)c1scc2ccccc12. The summed E-state index contributed by atoms with van der Waals surface area (Å²) in [6, 6.07) is 6.97. The van der Waals surface area contributed by atoms with Gasteiger partial charge in [0.2, 0.25) is 0 Å². The molecule has 0 saturated heterocycles. The number of thiophene rings is 1. The summed E-state index contributed by atoms with van der Waals surface area (Å²) in [6.45, 7) is 0. The van der Waals surface area contributed by atoms with Gasteiger partial charge in [-0.3, -0.25) is 4.57 Å². The molecule has 0 spiro atoms. The summed E-state index contributed by atoms with van der Waals surface area (Å²) >= 11 is 1.04. The second-order valence-corrected chi connectivity index (χ2v) is 8.75. The van der Waals surface area contributed by atoms with Gasteiger partial charge in [0.25, 0.3) is 10.0 Å². The first kappa shape index (κ1) is 14.6. The Morgan fingerprint density at radius 3 is 2.58 bits per heavy atom. The van der Waals surface area contributed by atoms with E-state index in [9.17, 15) is 13.0 Å². The Bertz CT molecular complexity index is 748. The lowest BCUT2D eigenvalue weighted by molar-refractivity contribution is 0.353. The highest BCUT2D eigenvalue weighted by molar-refractivity contribution is 7.91. The predicted octanol–water partition coefficient (Wildman–Crippen LogP) is 1.66. The van der Waals surface area contributed by atoms with Gasteiger partial charge in [0, 0.05) is 12.4 Å². The molecule has 2 aromatic rings. The van der Waals surface area contributed by atoms with E-state index in [2.05, 4.69) is 0 Å². The average Bonchev–Trinajstić information content (AvgIpc) is 2.70. The third kappa shape index (κ3) is 3.05. The molecule has 0 bridgehead atoms. The van der Waals surface area contributed by atoms with Crippen molar-refractivity contribution in [3.63, 3.8) is 0 Å². The molecule has 0 amide bonds. The largest absolute Gasteiger partial charge is 0.340 e. The molecular formula is C10H12NO5PS2. The highest BCUT2D eigenvalue weighted by atomic mass is 32.2. The predicted molar refractivity (Wildman–Crippen MR) is 73.7 cm³/mol. The molecule has 0 aliphatic heterocycles. The summed E-state index contributed by atoms with van der Waals surface area (Å²) in [5.41, 5.74) is 0. The molecule has 0 fully saturated rings. The maximum Gasteiger partial charge on any atom is 0.340 e.